The van der Waals surface area contributed by atoms with E-state index in [2.05, 4.69) is 21.3 Å². The van der Waals surface area contributed by atoms with Gasteiger partial charge in [0, 0.05) is 35.9 Å². The third-order valence-corrected chi connectivity index (χ3v) is 6.35. The lowest BCUT2D eigenvalue weighted by molar-refractivity contribution is -0.133. The molecule has 3 aliphatic rings. The van der Waals surface area contributed by atoms with Crippen molar-refractivity contribution in [2.24, 2.45) is 5.92 Å². The fourth-order valence-corrected chi connectivity index (χ4v) is 4.29. The molecular weight excluding hydrogens is 370 g/mol. The van der Waals surface area contributed by atoms with Gasteiger partial charge in [0.15, 0.2) is 5.82 Å². The highest BCUT2D eigenvalue weighted by atomic mass is 16.5. The van der Waals surface area contributed by atoms with Gasteiger partial charge in [-0.3, -0.25) is 9.48 Å². The van der Waals surface area contributed by atoms with Gasteiger partial charge in [-0.05, 0) is 37.8 Å². The van der Waals surface area contributed by atoms with Crippen molar-refractivity contribution in [2.75, 3.05) is 26.3 Å². The zero-order chi connectivity index (χ0) is 19.4. The molecule has 1 aromatic carbocycles. The third kappa shape index (κ3) is 3.02. The first kappa shape index (κ1) is 17.1. The fraction of sp³-hybridized carbons (Fsp3) is 0.524. The van der Waals surface area contributed by atoms with Crippen LogP contribution in [0, 0.1) is 5.92 Å². The molecule has 8 heteroatoms. The van der Waals surface area contributed by atoms with Gasteiger partial charge in [-0.1, -0.05) is 11.2 Å². The van der Waals surface area contributed by atoms with Gasteiger partial charge < -0.3 is 14.2 Å². The van der Waals surface area contributed by atoms with Crippen molar-refractivity contribution in [3.63, 3.8) is 0 Å². The Morgan fingerprint density at radius 3 is 2.66 bits per heavy atom. The molecule has 1 saturated carbocycles. The average molecular weight is 393 g/mol. The number of hydrogen-bond acceptors (Lipinski definition) is 6. The van der Waals surface area contributed by atoms with Gasteiger partial charge in [-0.2, -0.15) is 10.1 Å². The molecule has 2 aromatic heterocycles. The van der Waals surface area contributed by atoms with E-state index in [-0.39, 0.29) is 11.8 Å². The summed E-state index contributed by atoms with van der Waals surface area (Å²) < 4.78 is 12.9. The van der Waals surface area contributed by atoms with E-state index in [4.69, 9.17) is 9.26 Å². The topological polar surface area (TPSA) is 86.3 Å². The first-order valence-corrected chi connectivity index (χ1v) is 10.4. The Hall–Kier alpha value is -2.74. The fourth-order valence-electron chi connectivity index (χ4n) is 4.29. The lowest BCUT2D eigenvalue weighted by Crippen LogP contribution is -2.38. The standard InChI is InChI=1S/C21H23N5O3/c27-21(14-1-2-14)25-7-5-13(6-8-25)19-23-20(29-24-19)15-3-4-16-10-22-26(18(16)9-15)17-11-28-12-17/h3-4,9-10,13-14,17H,1-2,5-8,11-12H2. The molecule has 0 spiro atoms. The summed E-state index contributed by atoms with van der Waals surface area (Å²) in [5.41, 5.74) is 1.96. The number of hydrogen-bond donors (Lipinski definition) is 0. The van der Waals surface area contributed by atoms with Crippen LogP contribution in [-0.2, 0) is 9.53 Å². The highest BCUT2D eigenvalue weighted by Gasteiger charge is 2.35. The maximum absolute atomic E-state index is 12.2. The number of nitrogens with zero attached hydrogens (tertiary/aromatic N) is 5. The molecule has 2 saturated heterocycles. The van der Waals surface area contributed by atoms with Gasteiger partial charge >= 0.3 is 0 Å². The van der Waals surface area contributed by atoms with Crippen molar-refractivity contribution in [2.45, 2.75) is 37.6 Å². The number of carbonyl (C=O) groups is 1. The van der Waals surface area contributed by atoms with E-state index >= 15 is 0 Å². The van der Waals surface area contributed by atoms with Crippen LogP contribution in [0.15, 0.2) is 28.9 Å². The van der Waals surface area contributed by atoms with Gasteiger partial charge in [-0.25, -0.2) is 0 Å². The molecule has 2 aliphatic heterocycles. The van der Waals surface area contributed by atoms with E-state index < -0.39 is 0 Å². The van der Waals surface area contributed by atoms with Crippen LogP contribution in [-0.4, -0.2) is 57.0 Å². The minimum Gasteiger partial charge on any atom is -0.377 e. The molecule has 3 fully saturated rings. The predicted molar refractivity (Wildman–Crippen MR) is 104 cm³/mol. The zero-order valence-corrected chi connectivity index (χ0v) is 16.2. The van der Waals surface area contributed by atoms with Crippen molar-refractivity contribution in [3.05, 3.63) is 30.2 Å². The Morgan fingerprint density at radius 1 is 1.10 bits per heavy atom. The smallest absolute Gasteiger partial charge is 0.258 e. The maximum atomic E-state index is 12.2. The Balaban J connectivity index is 1.20. The molecule has 3 aromatic rings. The zero-order valence-electron chi connectivity index (χ0n) is 16.2. The van der Waals surface area contributed by atoms with E-state index in [1.165, 1.54) is 0 Å². The second-order valence-electron chi connectivity index (χ2n) is 8.39. The number of amides is 1. The van der Waals surface area contributed by atoms with Crippen molar-refractivity contribution in [3.8, 4) is 11.5 Å². The Kier molecular flexibility index (Phi) is 3.94. The van der Waals surface area contributed by atoms with Crippen molar-refractivity contribution < 1.29 is 14.1 Å². The van der Waals surface area contributed by atoms with Gasteiger partial charge in [0.25, 0.3) is 5.89 Å². The number of rotatable bonds is 4. The van der Waals surface area contributed by atoms with Crippen LogP contribution >= 0.6 is 0 Å². The number of carbonyl (C=O) groups excluding carboxylic acids is 1. The first-order valence-electron chi connectivity index (χ1n) is 10.4. The molecule has 150 valence electrons. The molecular formula is C21H23N5O3. The second kappa shape index (κ2) is 6.66. The maximum Gasteiger partial charge on any atom is 0.258 e. The van der Waals surface area contributed by atoms with Crippen LogP contribution in [0.2, 0.25) is 0 Å². The van der Waals surface area contributed by atoms with E-state index in [9.17, 15) is 4.79 Å². The van der Waals surface area contributed by atoms with Crippen LogP contribution in [0.1, 0.15) is 43.5 Å². The Bertz CT molecular complexity index is 1060. The lowest BCUT2D eigenvalue weighted by atomic mass is 9.96. The summed E-state index contributed by atoms with van der Waals surface area (Å²) in [6.45, 7) is 2.98. The second-order valence-corrected chi connectivity index (χ2v) is 8.39. The lowest BCUT2D eigenvalue weighted by Gasteiger charge is -2.30. The number of aromatic nitrogens is 4. The van der Waals surface area contributed by atoms with Crippen LogP contribution in [0.5, 0.6) is 0 Å². The number of fused-ring (bicyclic) bond motifs is 1. The molecule has 1 aliphatic carbocycles. The third-order valence-electron chi connectivity index (χ3n) is 6.35. The predicted octanol–water partition coefficient (Wildman–Crippen LogP) is 2.77. The monoisotopic (exact) mass is 393 g/mol. The molecule has 0 radical (unpaired) electrons. The quantitative estimate of drug-likeness (QED) is 0.677. The molecule has 29 heavy (non-hydrogen) atoms. The van der Waals surface area contributed by atoms with Crippen molar-refractivity contribution in [1.82, 2.24) is 24.8 Å². The first-order chi connectivity index (χ1) is 14.3. The van der Waals surface area contributed by atoms with Crippen molar-refractivity contribution >= 4 is 16.8 Å². The SMILES string of the molecule is O=C(C1CC1)N1CCC(c2noc(-c3ccc4cnn(C5COC5)c4c3)n2)CC1. The molecule has 0 N–H and O–H groups in total. The van der Waals surface area contributed by atoms with Crippen LogP contribution in [0.25, 0.3) is 22.4 Å². The average Bonchev–Trinajstić information content (AvgIpc) is 3.31. The number of likely N-dealkylation sites (tertiary alicyclic amines) is 1. The summed E-state index contributed by atoms with van der Waals surface area (Å²) in [5.74, 6) is 2.16. The van der Waals surface area contributed by atoms with E-state index in [1.807, 2.05) is 27.9 Å². The summed E-state index contributed by atoms with van der Waals surface area (Å²) in [4.78, 5) is 18.9. The van der Waals surface area contributed by atoms with Gasteiger partial charge in [0.05, 0.1) is 31.0 Å². The van der Waals surface area contributed by atoms with Crippen LogP contribution < -0.4 is 0 Å². The summed E-state index contributed by atoms with van der Waals surface area (Å²) in [6.07, 6.45) is 5.79. The van der Waals surface area contributed by atoms with Gasteiger partial charge in [0.1, 0.15) is 0 Å². The summed E-state index contributed by atoms with van der Waals surface area (Å²) in [6, 6.07) is 6.40. The van der Waals surface area contributed by atoms with Gasteiger partial charge in [-0.15, -0.1) is 0 Å². The number of piperidine rings is 1. The molecule has 0 bridgehead atoms. The highest BCUT2D eigenvalue weighted by Crippen LogP contribution is 2.34. The van der Waals surface area contributed by atoms with Crippen LogP contribution in [0.3, 0.4) is 0 Å². The Morgan fingerprint density at radius 2 is 1.93 bits per heavy atom. The molecule has 0 atom stereocenters. The molecule has 1 amide bonds. The van der Waals surface area contributed by atoms with E-state index in [0.29, 0.717) is 31.1 Å². The largest absolute Gasteiger partial charge is 0.377 e. The normalized spacial score (nSPS) is 20.9. The Labute approximate surface area is 167 Å². The van der Waals surface area contributed by atoms with Gasteiger partial charge in [0.2, 0.25) is 5.91 Å². The molecule has 6 rings (SSSR count). The number of benzene rings is 1. The molecule has 4 heterocycles. The minimum absolute atomic E-state index is 0.247. The summed E-state index contributed by atoms with van der Waals surface area (Å²) in [7, 11) is 0. The van der Waals surface area contributed by atoms with E-state index in [1.54, 1.807) is 0 Å². The van der Waals surface area contributed by atoms with Crippen molar-refractivity contribution in [1.29, 1.82) is 0 Å². The molecule has 0 unspecified atom stereocenters. The number of ether oxygens (including phenoxy) is 1. The van der Waals surface area contributed by atoms with E-state index in [0.717, 1.165) is 61.1 Å². The highest BCUT2D eigenvalue weighted by molar-refractivity contribution is 5.83. The summed E-state index contributed by atoms with van der Waals surface area (Å²) >= 11 is 0. The molecule has 8 nitrogen and oxygen atoms in total. The summed E-state index contributed by atoms with van der Waals surface area (Å²) in [5, 5.41) is 9.85. The minimum atomic E-state index is 0.247. The van der Waals surface area contributed by atoms with Crippen LogP contribution in [0.4, 0.5) is 0 Å².